The van der Waals surface area contributed by atoms with E-state index in [1.807, 2.05) is 0 Å². The average Bonchev–Trinajstić information content (AvgIpc) is 3.35. The molecule has 2 amide bonds. The number of hydrogen-bond donors (Lipinski definition) is 1. The molecular weight excluding hydrogens is 353 g/mol. The van der Waals surface area contributed by atoms with Gasteiger partial charge in [0.25, 0.3) is 11.6 Å². The van der Waals surface area contributed by atoms with Crippen molar-refractivity contribution in [3.63, 3.8) is 0 Å². The third-order valence-electron chi connectivity index (χ3n) is 4.08. The Morgan fingerprint density at radius 3 is 2.69 bits per heavy atom. The monoisotopic (exact) mass is 370 g/mol. The van der Waals surface area contributed by atoms with Crippen LogP contribution in [0.5, 0.6) is 0 Å². The van der Waals surface area contributed by atoms with Crippen LogP contribution in [0.4, 0.5) is 13.2 Å². The fourth-order valence-corrected chi connectivity index (χ4v) is 2.62. The van der Waals surface area contributed by atoms with Crippen molar-refractivity contribution >= 4 is 22.9 Å². The maximum absolute atomic E-state index is 12.8. The molecule has 0 aromatic carbocycles. The van der Waals surface area contributed by atoms with Crippen molar-refractivity contribution in [3.05, 3.63) is 23.0 Å². The van der Waals surface area contributed by atoms with E-state index in [2.05, 4.69) is 10.1 Å². The van der Waals surface area contributed by atoms with E-state index in [0.29, 0.717) is 16.8 Å². The number of pyridine rings is 1. The smallest absolute Gasteiger partial charge is 0.345 e. The van der Waals surface area contributed by atoms with Crippen LogP contribution in [0.25, 0.3) is 11.1 Å². The number of nitrogens with one attached hydrogen (secondary N) is 1. The predicted molar refractivity (Wildman–Crippen MR) is 84.5 cm³/mol. The van der Waals surface area contributed by atoms with Crippen LogP contribution in [-0.4, -0.2) is 53.2 Å². The summed E-state index contributed by atoms with van der Waals surface area (Å²) in [6.45, 7) is -0.275. The molecule has 1 saturated carbocycles. The number of carbonyl (C=O) groups is 2. The summed E-state index contributed by atoms with van der Waals surface area (Å²) < 4.78 is 41.7. The van der Waals surface area contributed by atoms with E-state index < -0.39 is 31.1 Å². The number of carbonyl (C=O) groups excluding carboxylic acids is 2. The van der Waals surface area contributed by atoms with Gasteiger partial charge in [-0.3, -0.25) is 9.59 Å². The van der Waals surface area contributed by atoms with Gasteiger partial charge in [0.05, 0.1) is 23.2 Å². The minimum atomic E-state index is -4.51. The molecule has 2 aromatic rings. The van der Waals surface area contributed by atoms with Gasteiger partial charge in [0, 0.05) is 18.7 Å². The Hall–Kier alpha value is -2.65. The topological polar surface area (TPSA) is 88.3 Å². The molecule has 2 aromatic heterocycles. The second kappa shape index (κ2) is 6.58. The van der Waals surface area contributed by atoms with Crippen LogP contribution in [0.2, 0.25) is 0 Å². The van der Waals surface area contributed by atoms with Crippen molar-refractivity contribution in [2.45, 2.75) is 31.9 Å². The first-order valence-corrected chi connectivity index (χ1v) is 8.01. The maximum Gasteiger partial charge on any atom is 0.405 e. The Labute approximate surface area is 146 Å². The highest BCUT2D eigenvalue weighted by atomic mass is 19.4. The van der Waals surface area contributed by atoms with Crippen LogP contribution < -0.4 is 5.32 Å². The van der Waals surface area contributed by atoms with Gasteiger partial charge in [-0.2, -0.15) is 13.2 Å². The van der Waals surface area contributed by atoms with Crippen LogP contribution in [0.3, 0.4) is 0 Å². The Bertz CT molecular complexity index is 858. The first kappa shape index (κ1) is 18.2. The highest BCUT2D eigenvalue weighted by Gasteiger charge is 2.30. The molecule has 26 heavy (non-hydrogen) atoms. The molecule has 10 heteroatoms. The summed E-state index contributed by atoms with van der Waals surface area (Å²) in [6, 6.07) is 1.65. The molecule has 2 heterocycles. The van der Waals surface area contributed by atoms with Crippen LogP contribution in [-0.2, 0) is 4.79 Å². The summed E-state index contributed by atoms with van der Waals surface area (Å²) in [5.74, 6) is -1.14. The summed E-state index contributed by atoms with van der Waals surface area (Å²) in [5, 5.41) is 6.01. The molecule has 0 bridgehead atoms. The number of halogens is 3. The van der Waals surface area contributed by atoms with Gasteiger partial charge >= 0.3 is 6.18 Å². The number of likely N-dealkylation sites (N-methyl/N-ethyl adjacent to an activating group) is 1. The minimum Gasteiger partial charge on any atom is -0.345 e. The molecule has 140 valence electrons. The van der Waals surface area contributed by atoms with Gasteiger partial charge < -0.3 is 14.7 Å². The van der Waals surface area contributed by atoms with Gasteiger partial charge in [-0.1, -0.05) is 5.16 Å². The summed E-state index contributed by atoms with van der Waals surface area (Å²) in [4.78, 5) is 29.9. The van der Waals surface area contributed by atoms with Crippen molar-refractivity contribution in [3.8, 4) is 0 Å². The van der Waals surface area contributed by atoms with Crippen molar-refractivity contribution in [2.24, 2.45) is 0 Å². The number of fused-ring (bicyclic) bond motifs is 1. The standard InChI is InChI=1S/C16H17F3N4O3/c1-8-13-10(5-11(9-3-4-9)21-14(13)26-22-8)15(25)23(2)6-12(24)20-7-16(17,18)19/h5,9H,3-4,6-7H2,1-2H3,(H,20,24). The average molecular weight is 370 g/mol. The van der Waals surface area contributed by atoms with Crippen molar-refractivity contribution in [2.75, 3.05) is 20.1 Å². The highest BCUT2D eigenvalue weighted by Crippen LogP contribution is 2.40. The third kappa shape index (κ3) is 3.94. The number of rotatable bonds is 5. The third-order valence-corrected chi connectivity index (χ3v) is 4.08. The van der Waals surface area contributed by atoms with E-state index in [0.717, 1.165) is 17.7 Å². The van der Waals surface area contributed by atoms with E-state index in [-0.39, 0.29) is 17.2 Å². The molecule has 0 radical (unpaired) electrons. The highest BCUT2D eigenvalue weighted by molar-refractivity contribution is 6.06. The molecular formula is C16H17F3N4O3. The zero-order valence-electron chi connectivity index (χ0n) is 14.2. The van der Waals surface area contributed by atoms with Gasteiger partial charge in [-0.05, 0) is 25.8 Å². The van der Waals surface area contributed by atoms with Crippen LogP contribution in [0.15, 0.2) is 10.6 Å². The van der Waals surface area contributed by atoms with Crippen molar-refractivity contribution < 1.29 is 27.3 Å². The fourth-order valence-electron chi connectivity index (χ4n) is 2.62. The Kier molecular flexibility index (Phi) is 4.59. The molecule has 7 nitrogen and oxygen atoms in total. The summed E-state index contributed by atoms with van der Waals surface area (Å²) >= 11 is 0. The largest absolute Gasteiger partial charge is 0.405 e. The van der Waals surface area contributed by atoms with E-state index in [1.54, 1.807) is 18.3 Å². The van der Waals surface area contributed by atoms with Crippen LogP contribution in [0.1, 0.15) is 40.5 Å². The molecule has 1 fully saturated rings. The normalized spacial score (nSPS) is 14.5. The Balaban J connectivity index is 1.80. The van der Waals surface area contributed by atoms with Crippen molar-refractivity contribution in [1.82, 2.24) is 20.4 Å². The number of nitrogens with zero attached hydrogens (tertiary/aromatic N) is 3. The van der Waals surface area contributed by atoms with E-state index in [4.69, 9.17) is 4.52 Å². The molecule has 0 saturated heterocycles. The Morgan fingerprint density at radius 2 is 2.08 bits per heavy atom. The van der Waals surface area contributed by atoms with Gasteiger partial charge in [0.1, 0.15) is 6.54 Å². The molecule has 0 spiro atoms. The fraction of sp³-hybridized carbons (Fsp3) is 0.500. The van der Waals surface area contributed by atoms with Gasteiger partial charge in [-0.15, -0.1) is 0 Å². The minimum absolute atomic E-state index is 0.241. The second-order valence-electron chi connectivity index (χ2n) is 6.37. The lowest BCUT2D eigenvalue weighted by Gasteiger charge is -2.18. The molecule has 1 aliphatic carbocycles. The summed E-state index contributed by atoms with van der Waals surface area (Å²) in [5.41, 5.74) is 1.71. The number of aromatic nitrogens is 2. The molecule has 1 N–H and O–H groups in total. The van der Waals surface area contributed by atoms with Gasteiger partial charge in [0.2, 0.25) is 5.91 Å². The summed E-state index contributed by atoms with van der Waals surface area (Å²) in [6.07, 6.45) is -2.57. The predicted octanol–water partition coefficient (Wildman–Crippen LogP) is 2.16. The lowest BCUT2D eigenvalue weighted by molar-refractivity contribution is -0.138. The van der Waals surface area contributed by atoms with Gasteiger partial charge in [0.15, 0.2) is 0 Å². The van der Waals surface area contributed by atoms with Crippen LogP contribution >= 0.6 is 0 Å². The second-order valence-corrected chi connectivity index (χ2v) is 6.37. The first-order chi connectivity index (χ1) is 12.2. The quantitative estimate of drug-likeness (QED) is 0.871. The zero-order chi connectivity index (χ0) is 19.1. The SMILES string of the molecule is Cc1noc2nc(C3CC3)cc(C(=O)N(C)CC(=O)NCC(F)(F)F)c12. The van der Waals surface area contributed by atoms with Crippen LogP contribution in [0, 0.1) is 6.92 Å². The Morgan fingerprint density at radius 1 is 1.38 bits per heavy atom. The summed E-state index contributed by atoms with van der Waals surface area (Å²) in [7, 11) is 1.35. The van der Waals surface area contributed by atoms with E-state index in [9.17, 15) is 22.8 Å². The van der Waals surface area contributed by atoms with E-state index >= 15 is 0 Å². The van der Waals surface area contributed by atoms with E-state index in [1.165, 1.54) is 7.05 Å². The molecule has 1 aliphatic rings. The lowest BCUT2D eigenvalue weighted by Crippen LogP contribution is -2.41. The van der Waals surface area contributed by atoms with Crippen molar-refractivity contribution in [1.29, 1.82) is 0 Å². The number of hydrogen-bond acceptors (Lipinski definition) is 5. The number of alkyl halides is 3. The maximum atomic E-state index is 12.8. The number of amides is 2. The number of aryl methyl sites for hydroxylation is 1. The first-order valence-electron chi connectivity index (χ1n) is 8.01. The molecule has 0 atom stereocenters. The lowest BCUT2D eigenvalue weighted by atomic mass is 10.1. The zero-order valence-corrected chi connectivity index (χ0v) is 14.2. The van der Waals surface area contributed by atoms with Gasteiger partial charge in [-0.25, -0.2) is 4.98 Å². The molecule has 0 unspecified atom stereocenters. The molecule has 0 aliphatic heterocycles. The molecule has 3 rings (SSSR count).